The molecule has 0 atom stereocenters. The van der Waals surface area contributed by atoms with Gasteiger partial charge in [-0.1, -0.05) is 35.0 Å². The summed E-state index contributed by atoms with van der Waals surface area (Å²) in [7, 11) is 0. The third-order valence-electron chi connectivity index (χ3n) is 4.08. The summed E-state index contributed by atoms with van der Waals surface area (Å²) in [6.07, 6.45) is 2.55. The molecule has 0 unspecified atom stereocenters. The van der Waals surface area contributed by atoms with E-state index in [9.17, 15) is 0 Å². The van der Waals surface area contributed by atoms with Crippen molar-refractivity contribution >= 4 is 22.6 Å². The topological polar surface area (TPSA) is 54.5 Å². The lowest BCUT2D eigenvalue weighted by molar-refractivity contribution is 0.559. The second-order valence-electron chi connectivity index (χ2n) is 5.70. The van der Waals surface area contributed by atoms with Crippen LogP contribution in [0.15, 0.2) is 36.4 Å². The second kappa shape index (κ2) is 5.11. The molecular formula is C17H13ClN4. The Morgan fingerprint density at radius 3 is 2.64 bits per heavy atom. The van der Waals surface area contributed by atoms with E-state index in [1.165, 1.54) is 12.8 Å². The molecule has 1 saturated carbocycles. The summed E-state index contributed by atoms with van der Waals surface area (Å²) in [5.41, 5.74) is 4.24. The normalized spacial score (nSPS) is 14.2. The van der Waals surface area contributed by atoms with Gasteiger partial charge in [-0.05, 0) is 42.5 Å². The highest BCUT2D eigenvalue weighted by Crippen LogP contribution is 2.35. The van der Waals surface area contributed by atoms with Crippen LogP contribution in [-0.2, 0) is 6.54 Å². The van der Waals surface area contributed by atoms with Gasteiger partial charge in [-0.3, -0.25) is 0 Å². The van der Waals surface area contributed by atoms with Crippen LogP contribution in [0.2, 0.25) is 5.02 Å². The number of benzene rings is 2. The molecule has 1 aliphatic rings. The minimum Gasteiger partial charge on any atom is -0.244 e. The van der Waals surface area contributed by atoms with Crippen molar-refractivity contribution in [1.29, 1.82) is 5.26 Å². The third-order valence-corrected chi connectivity index (χ3v) is 4.46. The van der Waals surface area contributed by atoms with Crippen molar-refractivity contribution in [2.24, 2.45) is 5.92 Å². The molecule has 0 N–H and O–H groups in total. The SMILES string of the molecule is N#Cc1ccc(-c2ccc3c(nnn3CC3CC3)c2Cl)cc1. The van der Waals surface area contributed by atoms with Gasteiger partial charge in [0.2, 0.25) is 0 Å². The van der Waals surface area contributed by atoms with E-state index in [0.717, 1.165) is 34.6 Å². The van der Waals surface area contributed by atoms with Crippen LogP contribution in [0.5, 0.6) is 0 Å². The van der Waals surface area contributed by atoms with E-state index in [-0.39, 0.29) is 0 Å². The first-order chi connectivity index (χ1) is 10.8. The molecular weight excluding hydrogens is 296 g/mol. The Hall–Kier alpha value is -2.38. The summed E-state index contributed by atoms with van der Waals surface area (Å²) in [5.74, 6) is 0.738. The van der Waals surface area contributed by atoms with Crippen LogP contribution < -0.4 is 0 Å². The number of nitrogens with zero attached hydrogens (tertiary/aromatic N) is 4. The Kier molecular flexibility index (Phi) is 3.09. The van der Waals surface area contributed by atoms with E-state index in [4.69, 9.17) is 16.9 Å². The minimum absolute atomic E-state index is 0.615. The number of aromatic nitrogens is 3. The molecule has 0 spiro atoms. The maximum absolute atomic E-state index is 8.88. The highest BCUT2D eigenvalue weighted by Gasteiger charge is 2.23. The summed E-state index contributed by atoms with van der Waals surface area (Å²) < 4.78 is 1.95. The molecule has 2 aromatic carbocycles. The standard InChI is InChI=1S/C17H13ClN4/c18-16-14(13-5-3-11(9-19)4-6-13)7-8-15-17(16)20-21-22(15)10-12-1-2-12/h3-8,12H,1-2,10H2. The number of hydrogen-bond acceptors (Lipinski definition) is 3. The number of rotatable bonds is 3. The molecule has 1 aromatic heterocycles. The molecule has 3 aromatic rings. The molecule has 1 aliphatic carbocycles. The lowest BCUT2D eigenvalue weighted by atomic mass is 10.0. The van der Waals surface area contributed by atoms with Crippen LogP contribution in [-0.4, -0.2) is 15.0 Å². The molecule has 1 heterocycles. The summed E-state index contributed by atoms with van der Waals surface area (Å²) >= 11 is 6.53. The Labute approximate surface area is 132 Å². The second-order valence-corrected chi connectivity index (χ2v) is 6.08. The molecule has 108 valence electrons. The van der Waals surface area contributed by atoms with Gasteiger partial charge in [-0.15, -0.1) is 5.10 Å². The Morgan fingerprint density at radius 2 is 1.95 bits per heavy atom. The van der Waals surface area contributed by atoms with E-state index in [0.29, 0.717) is 10.6 Å². The van der Waals surface area contributed by atoms with Crippen molar-refractivity contribution in [2.75, 3.05) is 0 Å². The van der Waals surface area contributed by atoms with Crippen molar-refractivity contribution in [1.82, 2.24) is 15.0 Å². The van der Waals surface area contributed by atoms with Gasteiger partial charge in [0, 0.05) is 12.1 Å². The predicted molar refractivity (Wildman–Crippen MR) is 85.4 cm³/mol. The zero-order chi connectivity index (χ0) is 15.1. The molecule has 0 aliphatic heterocycles. The molecule has 4 rings (SSSR count). The lowest BCUT2D eigenvalue weighted by Gasteiger charge is -2.06. The highest BCUT2D eigenvalue weighted by molar-refractivity contribution is 6.37. The molecule has 5 heteroatoms. The van der Waals surface area contributed by atoms with Crippen LogP contribution in [0.1, 0.15) is 18.4 Å². The summed E-state index contributed by atoms with van der Waals surface area (Å²) in [6.45, 7) is 0.920. The van der Waals surface area contributed by atoms with Crippen molar-refractivity contribution in [3.8, 4) is 17.2 Å². The van der Waals surface area contributed by atoms with Gasteiger partial charge in [-0.25, -0.2) is 4.68 Å². The van der Waals surface area contributed by atoms with Gasteiger partial charge in [0.1, 0.15) is 5.52 Å². The Morgan fingerprint density at radius 1 is 1.18 bits per heavy atom. The van der Waals surface area contributed by atoms with Crippen LogP contribution in [0.25, 0.3) is 22.2 Å². The molecule has 4 nitrogen and oxygen atoms in total. The fourth-order valence-corrected chi connectivity index (χ4v) is 2.94. The Bertz CT molecular complexity index is 885. The highest BCUT2D eigenvalue weighted by atomic mass is 35.5. The summed E-state index contributed by atoms with van der Waals surface area (Å²) in [4.78, 5) is 0. The summed E-state index contributed by atoms with van der Waals surface area (Å²) in [6, 6.07) is 13.5. The van der Waals surface area contributed by atoms with Crippen LogP contribution in [0.4, 0.5) is 0 Å². The van der Waals surface area contributed by atoms with Gasteiger partial charge in [-0.2, -0.15) is 5.26 Å². The zero-order valence-corrected chi connectivity index (χ0v) is 12.6. The average molecular weight is 309 g/mol. The molecule has 0 amide bonds. The largest absolute Gasteiger partial charge is 0.244 e. The molecule has 0 radical (unpaired) electrons. The van der Waals surface area contributed by atoms with Crippen molar-refractivity contribution in [3.63, 3.8) is 0 Å². The van der Waals surface area contributed by atoms with Crippen LogP contribution in [0.3, 0.4) is 0 Å². The quantitative estimate of drug-likeness (QED) is 0.734. The molecule has 0 saturated heterocycles. The molecule has 22 heavy (non-hydrogen) atoms. The zero-order valence-electron chi connectivity index (χ0n) is 11.8. The van der Waals surface area contributed by atoms with Crippen molar-refractivity contribution in [2.45, 2.75) is 19.4 Å². The molecule has 0 bridgehead atoms. The van der Waals surface area contributed by atoms with E-state index in [1.807, 2.05) is 28.9 Å². The number of fused-ring (bicyclic) bond motifs is 1. The maximum atomic E-state index is 8.88. The van der Waals surface area contributed by atoms with Gasteiger partial charge >= 0.3 is 0 Å². The third kappa shape index (κ3) is 2.24. The van der Waals surface area contributed by atoms with Crippen LogP contribution >= 0.6 is 11.6 Å². The monoisotopic (exact) mass is 308 g/mol. The minimum atomic E-state index is 0.615. The Balaban J connectivity index is 1.78. The van der Waals surface area contributed by atoms with Gasteiger partial charge in [0.05, 0.1) is 22.2 Å². The smallest absolute Gasteiger partial charge is 0.132 e. The van der Waals surface area contributed by atoms with Crippen molar-refractivity contribution < 1.29 is 0 Å². The first kappa shape index (κ1) is 13.3. The first-order valence-corrected chi connectivity index (χ1v) is 7.66. The van der Waals surface area contributed by atoms with E-state index in [1.54, 1.807) is 12.1 Å². The maximum Gasteiger partial charge on any atom is 0.132 e. The predicted octanol–water partition coefficient (Wildman–Crippen LogP) is 4.03. The average Bonchev–Trinajstić information content (AvgIpc) is 3.27. The first-order valence-electron chi connectivity index (χ1n) is 7.28. The lowest BCUT2D eigenvalue weighted by Crippen LogP contribution is -2.01. The molecule has 1 fully saturated rings. The van der Waals surface area contributed by atoms with E-state index in [2.05, 4.69) is 16.4 Å². The van der Waals surface area contributed by atoms with E-state index < -0.39 is 0 Å². The number of halogens is 1. The number of nitriles is 1. The fourth-order valence-electron chi connectivity index (χ4n) is 2.63. The van der Waals surface area contributed by atoms with E-state index >= 15 is 0 Å². The van der Waals surface area contributed by atoms with Gasteiger partial charge in [0.25, 0.3) is 0 Å². The number of hydrogen-bond donors (Lipinski definition) is 0. The van der Waals surface area contributed by atoms with Gasteiger partial charge in [0.15, 0.2) is 0 Å². The van der Waals surface area contributed by atoms with Gasteiger partial charge < -0.3 is 0 Å². The van der Waals surface area contributed by atoms with Crippen LogP contribution in [0, 0.1) is 17.2 Å². The summed E-state index contributed by atoms with van der Waals surface area (Å²) in [5, 5.41) is 18.0. The fraction of sp³-hybridized carbons (Fsp3) is 0.235. The van der Waals surface area contributed by atoms with Crippen molar-refractivity contribution in [3.05, 3.63) is 47.0 Å².